The third-order valence-corrected chi connectivity index (χ3v) is 3.05. The lowest BCUT2D eigenvalue weighted by Gasteiger charge is -2.25. The SMILES string of the molecule is COc1cnc(C(O)CC(C)CC(C)(C)C)c(OC)n1. The van der Waals surface area contributed by atoms with Crippen molar-refractivity contribution < 1.29 is 14.6 Å². The van der Waals surface area contributed by atoms with E-state index in [1.54, 1.807) is 0 Å². The Balaban J connectivity index is 2.79. The van der Waals surface area contributed by atoms with E-state index >= 15 is 0 Å². The van der Waals surface area contributed by atoms with Crippen LogP contribution in [0.3, 0.4) is 0 Å². The van der Waals surface area contributed by atoms with Gasteiger partial charge in [0.05, 0.1) is 20.4 Å². The van der Waals surface area contributed by atoms with Crippen LogP contribution in [0, 0.1) is 11.3 Å². The van der Waals surface area contributed by atoms with Gasteiger partial charge in [-0.25, -0.2) is 4.98 Å². The van der Waals surface area contributed by atoms with Gasteiger partial charge < -0.3 is 14.6 Å². The van der Waals surface area contributed by atoms with Gasteiger partial charge in [0.15, 0.2) is 0 Å². The largest absolute Gasteiger partial charge is 0.480 e. The zero-order chi connectivity index (χ0) is 15.3. The van der Waals surface area contributed by atoms with Crippen LogP contribution < -0.4 is 9.47 Å². The van der Waals surface area contributed by atoms with Crippen molar-refractivity contribution in [3.05, 3.63) is 11.9 Å². The van der Waals surface area contributed by atoms with E-state index in [0.717, 1.165) is 6.42 Å². The summed E-state index contributed by atoms with van der Waals surface area (Å²) in [5.41, 5.74) is 0.712. The fourth-order valence-corrected chi connectivity index (χ4v) is 2.46. The van der Waals surface area contributed by atoms with Crippen LogP contribution in [-0.2, 0) is 0 Å². The molecule has 2 unspecified atom stereocenters. The van der Waals surface area contributed by atoms with Crippen molar-refractivity contribution in [3.63, 3.8) is 0 Å². The van der Waals surface area contributed by atoms with Gasteiger partial charge in [0.25, 0.3) is 0 Å². The van der Waals surface area contributed by atoms with Gasteiger partial charge in [0, 0.05) is 0 Å². The Bertz CT molecular complexity index is 430. The van der Waals surface area contributed by atoms with Gasteiger partial charge in [-0.1, -0.05) is 27.7 Å². The molecule has 0 aliphatic heterocycles. The van der Waals surface area contributed by atoms with Crippen molar-refractivity contribution in [2.45, 2.75) is 46.6 Å². The maximum absolute atomic E-state index is 10.3. The second kappa shape index (κ2) is 6.88. The van der Waals surface area contributed by atoms with Gasteiger partial charge in [-0.15, -0.1) is 0 Å². The molecule has 0 radical (unpaired) electrons. The van der Waals surface area contributed by atoms with Gasteiger partial charge in [-0.3, -0.25) is 0 Å². The molecule has 0 aromatic carbocycles. The second-order valence-electron chi connectivity index (χ2n) is 6.43. The summed E-state index contributed by atoms with van der Waals surface area (Å²) in [6.07, 6.45) is 2.49. The van der Waals surface area contributed by atoms with Gasteiger partial charge in [0.1, 0.15) is 11.8 Å². The van der Waals surface area contributed by atoms with Crippen LogP contribution in [0.4, 0.5) is 0 Å². The van der Waals surface area contributed by atoms with E-state index in [1.165, 1.54) is 20.4 Å². The number of methoxy groups -OCH3 is 2. The third-order valence-electron chi connectivity index (χ3n) is 3.05. The highest BCUT2D eigenvalue weighted by atomic mass is 16.5. The molecule has 1 aromatic rings. The van der Waals surface area contributed by atoms with Crippen molar-refractivity contribution in [2.24, 2.45) is 11.3 Å². The molecule has 0 bridgehead atoms. The van der Waals surface area contributed by atoms with E-state index in [2.05, 4.69) is 37.7 Å². The molecule has 1 aromatic heterocycles. The highest BCUT2D eigenvalue weighted by Gasteiger charge is 2.22. The lowest BCUT2D eigenvalue weighted by atomic mass is 9.83. The van der Waals surface area contributed by atoms with E-state index in [4.69, 9.17) is 9.47 Å². The van der Waals surface area contributed by atoms with E-state index in [1.807, 2.05) is 0 Å². The van der Waals surface area contributed by atoms with E-state index in [0.29, 0.717) is 29.8 Å². The van der Waals surface area contributed by atoms with E-state index < -0.39 is 6.10 Å². The number of hydrogen-bond acceptors (Lipinski definition) is 5. The summed E-state index contributed by atoms with van der Waals surface area (Å²) in [5.74, 6) is 1.08. The smallest absolute Gasteiger partial charge is 0.241 e. The van der Waals surface area contributed by atoms with Crippen LogP contribution in [0.2, 0.25) is 0 Å². The molecule has 1 rings (SSSR count). The molecule has 20 heavy (non-hydrogen) atoms. The van der Waals surface area contributed by atoms with Crippen LogP contribution >= 0.6 is 0 Å². The maximum Gasteiger partial charge on any atom is 0.241 e. The number of hydrogen-bond donors (Lipinski definition) is 1. The molecule has 0 amide bonds. The first-order valence-corrected chi connectivity index (χ1v) is 6.89. The Labute approximate surface area is 121 Å². The predicted molar refractivity (Wildman–Crippen MR) is 77.9 cm³/mol. The van der Waals surface area contributed by atoms with Gasteiger partial charge >= 0.3 is 0 Å². The van der Waals surface area contributed by atoms with Crippen molar-refractivity contribution >= 4 is 0 Å². The lowest BCUT2D eigenvalue weighted by Crippen LogP contribution is -2.15. The highest BCUT2D eigenvalue weighted by Crippen LogP contribution is 2.32. The fraction of sp³-hybridized carbons (Fsp3) is 0.733. The molecule has 0 fully saturated rings. The summed E-state index contributed by atoms with van der Waals surface area (Å²) in [5, 5.41) is 10.3. The molecule has 2 atom stereocenters. The molecule has 5 heteroatoms. The molecule has 1 heterocycles. The molecule has 0 saturated carbocycles. The zero-order valence-electron chi connectivity index (χ0n) is 13.3. The average Bonchev–Trinajstić information content (AvgIpc) is 2.35. The zero-order valence-corrected chi connectivity index (χ0v) is 13.3. The van der Waals surface area contributed by atoms with Crippen LogP contribution in [0.15, 0.2) is 6.20 Å². The number of nitrogens with zero attached hydrogens (tertiary/aromatic N) is 2. The first-order chi connectivity index (χ1) is 9.26. The van der Waals surface area contributed by atoms with Crippen molar-refractivity contribution in [3.8, 4) is 11.8 Å². The minimum Gasteiger partial charge on any atom is -0.480 e. The number of aliphatic hydroxyl groups excluding tert-OH is 1. The van der Waals surface area contributed by atoms with Crippen LogP contribution in [0.5, 0.6) is 11.8 Å². The minimum absolute atomic E-state index is 0.245. The summed E-state index contributed by atoms with van der Waals surface area (Å²) in [6, 6.07) is 0. The van der Waals surface area contributed by atoms with Crippen molar-refractivity contribution in [1.82, 2.24) is 9.97 Å². The highest BCUT2D eigenvalue weighted by molar-refractivity contribution is 5.24. The molecule has 0 aliphatic rings. The van der Waals surface area contributed by atoms with Crippen LogP contribution in [-0.4, -0.2) is 29.3 Å². The normalized spacial score (nSPS) is 14.8. The summed E-state index contributed by atoms with van der Waals surface area (Å²) in [4.78, 5) is 8.35. The summed E-state index contributed by atoms with van der Waals surface area (Å²) in [6.45, 7) is 8.73. The molecule has 0 aliphatic carbocycles. The Morgan fingerprint density at radius 3 is 2.40 bits per heavy atom. The van der Waals surface area contributed by atoms with Gasteiger partial charge in [-0.05, 0) is 24.2 Å². The summed E-state index contributed by atoms with van der Waals surface area (Å²) < 4.78 is 10.2. The number of aliphatic hydroxyl groups is 1. The first-order valence-electron chi connectivity index (χ1n) is 6.89. The van der Waals surface area contributed by atoms with E-state index in [9.17, 15) is 5.11 Å². The number of aromatic nitrogens is 2. The average molecular weight is 282 g/mol. The monoisotopic (exact) mass is 282 g/mol. The topological polar surface area (TPSA) is 64.5 Å². The molecule has 114 valence electrons. The Hall–Kier alpha value is -1.36. The quantitative estimate of drug-likeness (QED) is 0.869. The molecule has 1 N–H and O–H groups in total. The van der Waals surface area contributed by atoms with Crippen molar-refractivity contribution in [1.29, 1.82) is 0 Å². The van der Waals surface area contributed by atoms with Crippen LogP contribution in [0.1, 0.15) is 52.3 Å². The summed E-state index contributed by atoms with van der Waals surface area (Å²) in [7, 11) is 3.03. The molecular weight excluding hydrogens is 256 g/mol. The molecule has 0 spiro atoms. The Morgan fingerprint density at radius 1 is 1.25 bits per heavy atom. The number of ether oxygens (including phenoxy) is 2. The first kappa shape index (κ1) is 16.7. The standard InChI is InChI=1S/C15H26N2O3/c1-10(8-15(2,3)4)7-11(18)13-14(20-6)17-12(19-5)9-16-13/h9-11,18H,7-8H2,1-6H3. The minimum atomic E-state index is -0.680. The van der Waals surface area contributed by atoms with Crippen molar-refractivity contribution in [2.75, 3.05) is 14.2 Å². The second-order valence-corrected chi connectivity index (χ2v) is 6.43. The predicted octanol–water partition coefficient (Wildman–Crippen LogP) is 2.99. The molecular formula is C15H26N2O3. The summed E-state index contributed by atoms with van der Waals surface area (Å²) >= 11 is 0. The van der Waals surface area contributed by atoms with Crippen LogP contribution in [0.25, 0.3) is 0 Å². The fourth-order valence-electron chi connectivity index (χ4n) is 2.46. The maximum atomic E-state index is 10.3. The van der Waals surface area contributed by atoms with Gasteiger partial charge in [-0.2, -0.15) is 4.98 Å². The van der Waals surface area contributed by atoms with E-state index in [-0.39, 0.29) is 5.41 Å². The third kappa shape index (κ3) is 4.96. The molecule has 5 nitrogen and oxygen atoms in total. The Morgan fingerprint density at radius 2 is 1.90 bits per heavy atom. The lowest BCUT2D eigenvalue weighted by molar-refractivity contribution is 0.125. The van der Waals surface area contributed by atoms with Gasteiger partial charge in [0.2, 0.25) is 11.8 Å². The molecule has 0 saturated heterocycles. The Kier molecular flexibility index (Phi) is 5.74. The number of rotatable bonds is 6.